The first-order valence-corrected chi connectivity index (χ1v) is 7.06. The van der Waals surface area contributed by atoms with Gasteiger partial charge in [0.15, 0.2) is 0 Å². The maximum Gasteiger partial charge on any atom is 0.222 e. The summed E-state index contributed by atoms with van der Waals surface area (Å²) in [5.74, 6) is 0.328. The summed E-state index contributed by atoms with van der Waals surface area (Å²) in [7, 11) is 0. The average molecular weight is 240 g/mol. The molecule has 1 aliphatic heterocycles. The molecule has 0 bridgehead atoms. The van der Waals surface area contributed by atoms with Crippen LogP contribution >= 0.6 is 0 Å². The van der Waals surface area contributed by atoms with Crippen LogP contribution in [0, 0.1) is 5.41 Å². The van der Waals surface area contributed by atoms with E-state index >= 15 is 0 Å². The number of amides is 1. The predicted molar refractivity (Wildman–Crippen MR) is 71.7 cm³/mol. The Morgan fingerprint density at radius 1 is 1.41 bits per heavy atom. The van der Waals surface area contributed by atoms with Gasteiger partial charge in [0.1, 0.15) is 0 Å². The largest absolute Gasteiger partial charge is 0.342 e. The van der Waals surface area contributed by atoms with Crippen LogP contribution in [0.1, 0.15) is 59.3 Å². The summed E-state index contributed by atoms with van der Waals surface area (Å²) in [6.45, 7) is 8.41. The fraction of sp³-hybridized carbons (Fsp3) is 0.929. The third kappa shape index (κ3) is 3.98. The van der Waals surface area contributed by atoms with Crippen LogP contribution in [-0.2, 0) is 4.79 Å². The molecule has 17 heavy (non-hydrogen) atoms. The lowest BCUT2D eigenvalue weighted by Gasteiger charge is -2.26. The quantitative estimate of drug-likeness (QED) is 0.775. The van der Waals surface area contributed by atoms with Crippen LogP contribution in [0.3, 0.4) is 0 Å². The van der Waals surface area contributed by atoms with Crippen LogP contribution in [-0.4, -0.2) is 29.9 Å². The lowest BCUT2D eigenvalue weighted by Crippen LogP contribution is -2.31. The molecule has 3 nitrogen and oxygen atoms in total. The zero-order valence-corrected chi connectivity index (χ0v) is 11.7. The highest BCUT2D eigenvalue weighted by Gasteiger charge is 2.36. The summed E-state index contributed by atoms with van der Waals surface area (Å²) in [4.78, 5) is 14.1. The Hall–Kier alpha value is -0.570. The highest BCUT2D eigenvalue weighted by molar-refractivity contribution is 5.76. The van der Waals surface area contributed by atoms with Crippen molar-refractivity contribution in [2.45, 2.75) is 65.3 Å². The van der Waals surface area contributed by atoms with E-state index in [1.54, 1.807) is 0 Å². The topological polar surface area (TPSA) is 46.3 Å². The number of likely N-dealkylation sites (tertiary alicyclic amines) is 1. The molecule has 3 heteroatoms. The number of nitrogens with zero attached hydrogens (tertiary/aromatic N) is 1. The van der Waals surface area contributed by atoms with E-state index in [2.05, 4.69) is 18.7 Å². The molecular weight excluding hydrogens is 212 g/mol. The first-order valence-electron chi connectivity index (χ1n) is 7.06. The first-order chi connectivity index (χ1) is 8.03. The fourth-order valence-electron chi connectivity index (χ4n) is 2.71. The zero-order chi connectivity index (χ0) is 12.9. The highest BCUT2D eigenvalue weighted by atomic mass is 16.2. The van der Waals surface area contributed by atoms with Gasteiger partial charge >= 0.3 is 0 Å². The normalized spacial score (nSPS) is 20.6. The minimum Gasteiger partial charge on any atom is -0.342 e. The van der Waals surface area contributed by atoms with E-state index in [-0.39, 0.29) is 6.04 Å². The summed E-state index contributed by atoms with van der Waals surface area (Å²) < 4.78 is 0. The molecule has 1 rings (SSSR count). The lowest BCUT2D eigenvalue weighted by molar-refractivity contribution is -0.130. The van der Waals surface area contributed by atoms with E-state index in [1.807, 2.05) is 6.92 Å². The summed E-state index contributed by atoms with van der Waals surface area (Å²) >= 11 is 0. The average Bonchev–Trinajstić information content (AvgIpc) is 2.73. The molecule has 0 aromatic heterocycles. The number of rotatable bonds is 6. The van der Waals surface area contributed by atoms with Gasteiger partial charge in [-0.1, -0.05) is 13.8 Å². The van der Waals surface area contributed by atoms with Crippen LogP contribution in [0.4, 0.5) is 0 Å². The second-order valence-electron chi connectivity index (χ2n) is 5.64. The van der Waals surface area contributed by atoms with Crippen molar-refractivity contribution >= 4 is 5.91 Å². The molecule has 2 N–H and O–H groups in total. The Bertz CT molecular complexity index is 247. The van der Waals surface area contributed by atoms with Gasteiger partial charge in [-0.3, -0.25) is 4.79 Å². The molecule has 0 radical (unpaired) electrons. The fourth-order valence-corrected chi connectivity index (χ4v) is 2.71. The second-order valence-corrected chi connectivity index (χ2v) is 5.64. The standard InChI is InChI=1S/C14H28N2O/c1-4-14(5-2)9-10-16(11-14)13(17)8-6-7-12(3)15/h12H,4-11,15H2,1-3H3. The van der Waals surface area contributed by atoms with E-state index in [1.165, 1.54) is 19.3 Å². The molecule has 0 saturated carbocycles. The number of hydrogen-bond donors (Lipinski definition) is 1. The van der Waals surface area contributed by atoms with Crippen molar-refractivity contribution in [3.63, 3.8) is 0 Å². The maximum absolute atomic E-state index is 12.0. The van der Waals surface area contributed by atoms with E-state index in [0.717, 1.165) is 25.9 Å². The second kappa shape index (κ2) is 6.39. The van der Waals surface area contributed by atoms with Crippen LogP contribution in [0.25, 0.3) is 0 Å². The van der Waals surface area contributed by atoms with E-state index < -0.39 is 0 Å². The van der Waals surface area contributed by atoms with Crippen molar-refractivity contribution in [1.29, 1.82) is 0 Å². The molecule has 0 aromatic carbocycles. The zero-order valence-electron chi connectivity index (χ0n) is 11.7. The van der Waals surface area contributed by atoms with E-state index in [9.17, 15) is 4.79 Å². The maximum atomic E-state index is 12.0. The molecule has 1 heterocycles. The van der Waals surface area contributed by atoms with Gasteiger partial charge < -0.3 is 10.6 Å². The van der Waals surface area contributed by atoms with Crippen molar-refractivity contribution in [3.8, 4) is 0 Å². The highest BCUT2D eigenvalue weighted by Crippen LogP contribution is 2.37. The summed E-state index contributed by atoms with van der Waals surface area (Å²) in [5.41, 5.74) is 6.09. The molecule has 1 fully saturated rings. The molecule has 1 saturated heterocycles. The van der Waals surface area contributed by atoms with Crippen molar-refractivity contribution in [2.75, 3.05) is 13.1 Å². The third-order valence-corrected chi connectivity index (χ3v) is 4.34. The van der Waals surface area contributed by atoms with Crippen LogP contribution in [0.5, 0.6) is 0 Å². The van der Waals surface area contributed by atoms with E-state index in [4.69, 9.17) is 5.73 Å². The minimum atomic E-state index is 0.215. The van der Waals surface area contributed by atoms with Gasteiger partial charge in [-0.2, -0.15) is 0 Å². The van der Waals surface area contributed by atoms with Gasteiger partial charge in [-0.05, 0) is 44.4 Å². The molecule has 100 valence electrons. The first kappa shape index (κ1) is 14.5. The van der Waals surface area contributed by atoms with Gasteiger partial charge in [-0.25, -0.2) is 0 Å². The Morgan fingerprint density at radius 3 is 2.53 bits per heavy atom. The molecular formula is C14H28N2O. The van der Waals surface area contributed by atoms with Crippen LogP contribution in [0.15, 0.2) is 0 Å². The molecule has 1 aliphatic rings. The van der Waals surface area contributed by atoms with Gasteiger partial charge in [0, 0.05) is 25.6 Å². The Kier molecular flexibility index (Phi) is 5.44. The van der Waals surface area contributed by atoms with Crippen LogP contribution < -0.4 is 5.73 Å². The van der Waals surface area contributed by atoms with Crippen molar-refractivity contribution in [1.82, 2.24) is 4.90 Å². The summed E-state index contributed by atoms with van der Waals surface area (Å²) in [6, 6.07) is 0.215. The summed E-state index contributed by atoms with van der Waals surface area (Å²) in [6.07, 6.45) is 6.11. The summed E-state index contributed by atoms with van der Waals surface area (Å²) in [5, 5.41) is 0. The smallest absolute Gasteiger partial charge is 0.222 e. The molecule has 0 spiro atoms. The molecule has 0 aromatic rings. The monoisotopic (exact) mass is 240 g/mol. The van der Waals surface area contributed by atoms with Crippen molar-refractivity contribution < 1.29 is 4.79 Å². The van der Waals surface area contributed by atoms with Gasteiger partial charge in [0.2, 0.25) is 5.91 Å². The lowest BCUT2D eigenvalue weighted by atomic mass is 9.82. The Morgan fingerprint density at radius 2 is 2.06 bits per heavy atom. The molecule has 1 atom stereocenters. The number of hydrogen-bond acceptors (Lipinski definition) is 2. The number of carbonyl (C=O) groups is 1. The molecule has 1 unspecified atom stereocenters. The predicted octanol–water partition coefficient (Wildman–Crippen LogP) is 2.54. The minimum absolute atomic E-state index is 0.215. The number of carbonyl (C=O) groups excluding carboxylic acids is 1. The van der Waals surface area contributed by atoms with Gasteiger partial charge in [0.05, 0.1) is 0 Å². The SMILES string of the molecule is CCC1(CC)CCN(C(=O)CCCC(C)N)C1. The van der Waals surface area contributed by atoms with Crippen molar-refractivity contribution in [3.05, 3.63) is 0 Å². The van der Waals surface area contributed by atoms with E-state index in [0.29, 0.717) is 17.7 Å². The Labute approximate surface area is 106 Å². The van der Waals surface area contributed by atoms with Crippen molar-refractivity contribution in [2.24, 2.45) is 11.1 Å². The van der Waals surface area contributed by atoms with Crippen LogP contribution in [0.2, 0.25) is 0 Å². The molecule has 0 aliphatic carbocycles. The van der Waals surface area contributed by atoms with Gasteiger partial charge in [-0.15, -0.1) is 0 Å². The third-order valence-electron chi connectivity index (χ3n) is 4.34. The molecule has 1 amide bonds. The Balaban J connectivity index is 2.35. The number of nitrogens with two attached hydrogens (primary N) is 1. The van der Waals surface area contributed by atoms with Gasteiger partial charge in [0.25, 0.3) is 0 Å².